The number of amides is 1. The van der Waals surface area contributed by atoms with Crippen LogP contribution in [-0.2, 0) is 4.79 Å². The molecule has 1 N–H and O–H groups in total. The quantitative estimate of drug-likeness (QED) is 0.607. The van der Waals surface area contributed by atoms with Gasteiger partial charge in [0.2, 0.25) is 5.91 Å². The van der Waals surface area contributed by atoms with E-state index in [-0.39, 0.29) is 11.9 Å². The number of rotatable bonds is 7. The summed E-state index contributed by atoms with van der Waals surface area (Å²) < 4.78 is 1.84. The Morgan fingerprint density at radius 3 is 3.10 bits per heavy atom. The molecule has 1 atom stereocenters. The molecule has 1 fully saturated rings. The van der Waals surface area contributed by atoms with Gasteiger partial charge < -0.3 is 5.32 Å². The van der Waals surface area contributed by atoms with Gasteiger partial charge in [-0.3, -0.25) is 4.79 Å². The van der Waals surface area contributed by atoms with E-state index in [1.807, 2.05) is 32.3 Å². The molecule has 1 aliphatic rings. The molecular formula is C14H23N3OS2. The summed E-state index contributed by atoms with van der Waals surface area (Å²) in [6.07, 6.45) is 7.03. The van der Waals surface area contributed by atoms with Crippen LogP contribution >= 0.6 is 21.6 Å². The monoisotopic (exact) mass is 313 g/mol. The lowest BCUT2D eigenvalue weighted by Gasteiger charge is -2.12. The van der Waals surface area contributed by atoms with Crippen molar-refractivity contribution in [3.8, 4) is 0 Å². The average molecular weight is 313 g/mol. The van der Waals surface area contributed by atoms with Gasteiger partial charge in [0, 0.05) is 29.5 Å². The number of carbonyl (C=O) groups excluding carboxylic acids is 1. The highest BCUT2D eigenvalue weighted by Gasteiger charge is 2.16. The molecule has 2 heterocycles. The number of nitrogens with one attached hydrogen (secondary N) is 1. The number of unbranched alkanes of at least 4 members (excludes halogenated alkanes) is 1. The number of hydrogen-bond donors (Lipinski definition) is 1. The Bertz CT molecular complexity index is 428. The maximum atomic E-state index is 11.9. The van der Waals surface area contributed by atoms with E-state index in [2.05, 4.69) is 24.3 Å². The van der Waals surface area contributed by atoms with Crippen LogP contribution in [0.4, 0.5) is 5.82 Å². The molecule has 2 rings (SSSR count). The fourth-order valence-electron chi connectivity index (χ4n) is 2.25. The first-order chi connectivity index (χ1) is 9.66. The lowest BCUT2D eigenvalue weighted by atomic mass is 10.1. The third-order valence-corrected chi connectivity index (χ3v) is 6.34. The standard InChI is InChI=1S/C14H23N3OS2/c1-11(2)17-13(7-9-15-17)16-14(18)6-4-3-5-12-8-10-19-20-12/h7,9,11-12H,3-6,8,10H2,1-2H3,(H,16,18). The molecule has 1 amide bonds. The van der Waals surface area contributed by atoms with Crippen molar-refractivity contribution in [2.45, 2.75) is 57.2 Å². The SMILES string of the molecule is CC(C)n1nccc1NC(=O)CCCCC1CCSS1. The zero-order valence-electron chi connectivity index (χ0n) is 12.2. The number of aromatic nitrogens is 2. The van der Waals surface area contributed by atoms with Gasteiger partial charge in [0.1, 0.15) is 5.82 Å². The summed E-state index contributed by atoms with van der Waals surface area (Å²) in [7, 11) is 4.00. The Hall–Kier alpha value is -0.620. The van der Waals surface area contributed by atoms with Crippen LogP contribution < -0.4 is 5.32 Å². The first-order valence-corrected chi connectivity index (χ1v) is 9.66. The second-order valence-corrected chi connectivity index (χ2v) is 8.17. The fraction of sp³-hybridized carbons (Fsp3) is 0.714. The second-order valence-electron chi connectivity index (χ2n) is 5.38. The van der Waals surface area contributed by atoms with Crippen LogP contribution in [0.5, 0.6) is 0 Å². The van der Waals surface area contributed by atoms with Crippen molar-refractivity contribution in [2.75, 3.05) is 11.1 Å². The van der Waals surface area contributed by atoms with Gasteiger partial charge in [0.25, 0.3) is 0 Å². The van der Waals surface area contributed by atoms with E-state index in [0.29, 0.717) is 6.42 Å². The average Bonchev–Trinajstić information content (AvgIpc) is 3.05. The molecule has 1 unspecified atom stereocenters. The second kappa shape index (κ2) is 7.98. The number of nitrogens with zero attached hydrogens (tertiary/aromatic N) is 2. The first-order valence-electron chi connectivity index (χ1n) is 7.28. The Kier molecular flexibility index (Phi) is 6.29. The van der Waals surface area contributed by atoms with Crippen LogP contribution in [0.1, 0.15) is 52.0 Å². The van der Waals surface area contributed by atoms with Crippen molar-refractivity contribution in [1.29, 1.82) is 0 Å². The van der Waals surface area contributed by atoms with Crippen molar-refractivity contribution in [1.82, 2.24) is 9.78 Å². The molecule has 0 spiro atoms. The Labute approximate surface area is 128 Å². The van der Waals surface area contributed by atoms with Gasteiger partial charge in [-0.1, -0.05) is 28.0 Å². The highest BCUT2D eigenvalue weighted by molar-refractivity contribution is 8.77. The van der Waals surface area contributed by atoms with Crippen LogP contribution in [0.2, 0.25) is 0 Å². The van der Waals surface area contributed by atoms with Gasteiger partial charge >= 0.3 is 0 Å². The summed E-state index contributed by atoms with van der Waals surface area (Å²) in [6, 6.07) is 2.11. The maximum absolute atomic E-state index is 11.9. The Balaban J connectivity index is 1.65. The summed E-state index contributed by atoms with van der Waals surface area (Å²) in [5.74, 6) is 2.18. The maximum Gasteiger partial charge on any atom is 0.225 e. The van der Waals surface area contributed by atoms with Crippen LogP contribution in [0, 0.1) is 0 Å². The fourth-order valence-corrected chi connectivity index (χ4v) is 5.28. The normalized spacial score (nSPS) is 18.6. The molecule has 0 aliphatic carbocycles. The summed E-state index contributed by atoms with van der Waals surface area (Å²) in [5, 5.41) is 7.98. The molecule has 1 aromatic rings. The highest BCUT2D eigenvalue weighted by Crippen LogP contribution is 2.39. The van der Waals surface area contributed by atoms with Gasteiger partial charge in [0.05, 0.1) is 6.20 Å². The topological polar surface area (TPSA) is 46.9 Å². The highest BCUT2D eigenvalue weighted by atomic mass is 33.1. The minimum absolute atomic E-state index is 0.0980. The van der Waals surface area contributed by atoms with Crippen LogP contribution in [0.25, 0.3) is 0 Å². The van der Waals surface area contributed by atoms with E-state index in [4.69, 9.17) is 0 Å². The van der Waals surface area contributed by atoms with E-state index in [0.717, 1.165) is 23.9 Å². The van der Waals surface area contributed by atoms with Crippen molar-refractivity contribution in [2.24, 2.45) is 0 Å². The van der Waals surface area contributed by atoms with Gasteiger partial charge in [-0.2, -0.15) is 5.10 Å². The summed E-state index contributed by atoms with van der Waals surface area (Å²) in [4.78, 5) is 11.9. The van der Waals surface area contributed by atoms with E-state index in [1.54, 1.807) is 6.20 Å². The minimum atomic E-state index is 0.0980. The Morgan fingerprint density at radius 2 is 2.40 bits per heavy atom. The van der Waals surface area contributed by atoms with Crippen molar-refractivity contribution < 1.29 is 4.79 Å². The van der Waals surface area contributed by atoms with E-state index in [1.165, 1.54) is 18.6 Å². The smallest absolute Gasteiger partial charge is 0.225 e. The lowest BCUT2D eigenvalue weighted by Crippen LogP contribution is -2.16. The third-order valence-electron chi connectivity index (χ3n) is 3.33. The van der Waals surface area contributed by atoms with Gasteiger partial charge in [-0.25, -0.2) is 4.68 Å². The lowest BCUT2D eigenvalue weighted by molar-refractivity contribution is -0.116. The minimum Gasteiger partial charge on any atom is -0.311 e. The van der Waals surface area contributed by atoms with Crippen molar-refractivity contribution >= 4 is 33.3 Å². The van der Waals surface area contributed by atoms with Crippen molar-refractivity contribution in [3.63, 3.8) is 0 Å². The molecular weight excluding hydrogens is 290 g/mol. The predicted octanol–water partition coefficient (Wildman–Crippen LogP) is 4.12. The molecule has 0 aromatic carbocycles. The van der Waals surface area contributed by atoms with Gasteiger partial charge in [0.15, 0.2) is 0 Å². The van der Waals surface area contributed by atoms with Crippen LogP contribution in [0.3, 0.4) is 0 Å². The molecule has 0 bridgehead atoms. The molecule has 1 saturated heterocycles. The Morgan fingerprint density at radius 1 is 1.55 bits per heavy atom. The van der Waals surface area contributed by atoms with Gasteiger partial charge in [-0.05, 0) is 33.1 Å². The van der Waals surface area contributed by atoms with E-state index in [9.17, 15) is 4.79 Å². The van der Waals surface area contributed by atoms with Crippen LogP contribution in [0.15, 0.2) is 12.3 Å². The molecule has 112 valence electrons. The molecule has 0 saturated carbocycles. The van der Waals surface area contributed by atoms with E-state index >= 15 is 0 Å². The molecule has 1 aromatic heterocycles. The largest absolute Gasteiger partial charge is 0.311 e. The molecule has 6 heteroatoms. The number of hydrogen-bond acceptors (Lipinski definition) is 4. The molecule has 20 heavy (non-hydrogen) atoms. The number of carbonyl (C=O) groups is 1. The zero-order valence-corrected chi connectivity index (χ0v) is 13.8. The molecule has 0 radical (unpaired) electrons. The zero-order chi connectivity index (χ0) is 14.4. The van der Waals surface area contributed by atoms with Crippen molar-refractivity contribution in [3.05, 3.63) is 12.3 Å². The van der Waals surface area contributed by atoms with E-state index < -0.39 is 0 Å². The van der Waals surface area contributed by atoms with Gasteiger partial charge in [-0.15, -0.1) is 0 Å². The third kappa shape index (κ3) is 4.74. The first kappa shape index (κ1) is 15.8. The summed E-state index contributed by atoms with van der Waals surface area (Å²) >= 11 is 0. The molecule has 1 aliphatic heterocycles. The number of anilines is 1. The molecule has 4 nitrogen and oxygen atoms in total. The summed E-state index contributed by atoms with van der Waals surface area (Å²) in [6.45, 7) is 4.11. The van der Waals surface area contributed by atoms with Crippen LogP contribution in [-0.4, -0.2) is 26.7 Å². The summed E-state index contributed by atoms with van der Waals surface area (Å²) in [5.41, 5.74) is 0. The predicted molar refractivity (Wildman–Crippen MR) is 88.2 cm³/mol.